The van der Waals surface area contributed by atoms with Gasteiger partial charge in [0.25, 0.3) is 0 Å². The molecule has 3 aliphatic rings. The Balaban J connectivity index is 1.82. The van der Waals surface area contributed by atoms with Crippen LogP contribution in [-0.2, 0) is 31.0 Å². The largest absolute Gasteiger partial charge is 0.497 e. The average molecular weight is 439 g/mol. The van der Waals surface area contributed by atoms with E-state index in [1.165, 1.54) is 36.1 Å². The molecule has 2 aromatic rings. The number of aromatic nitrogens is 1. The molecule has 4 heterocycles. The average Bonchev–Trinajstić information content (AvgIpc) is 3.12. The summed E-state index contributed by atoms with van der Waals surface area (Å²) in [6.45, 7) is 7.15. The second kappa shape index (κ2) is 7.66. The molecule has 5 rings (SSSR count). The van der Waals surface area contributed by atoms with Crippen LogP contribution in [0, 0.1) is 5.92 Å². The smallest absolute Gasteiger partial charge is 0.302 e. The summed E-state index contributed by atoms with van der Waals surface area (Å²) in [7, 11) is 1.68. The fourth-order valence-electron chi connectivity index (χ4n) is 6.17. The van der Waals surface area contributed by atoms with Crippen molar-refractivity contribution in [3.63, 3.8) is 0 Å². The molecule has 0 unspecified atom stereocenters. The van der Waals surface area contributed by atoms with Gasteiger partial charge in [-0.2, -0.15) is 0 Å². The minimum absolute atomic E-state index is 0.101. The van der Waals surface area contributed by atoms with Gasteiger partial charge < -0.3 is 18.8 Å². The number of nitrogens with zero attached hydrogens (tertiary/aromatic N) is 2. The van der Waals surface area contributed by atoms with E-state index in [0.717, 1.165) is 37.2 Å². The molecule has 0 spiro atoms. The Morgan fingerprint density at radius 1 is 1.19 bits per heavy atom. The highest BCUT2D eigenvalue weighted by Gasteiger charge is 2.56. The lowest BCUT2D eigenvalue weighted by Crippen LogP contribution is -2.60. The lowest BCUT2D eigenvalue weighted by Gasteiger charge is -2.56. The normalized spacial score (nSPS) is 24.4. The number of piperidine rings is 1. The van der Waals surface area contributed by atoms with Crippen molar-refractivity contribution < 1.29 is 23.8 Å². The molecule has 0 N–H and O–H groups in total. The van der Waals surface area contributed by atoms with Crippen molar-refractivity contribution >= 4 is 22.8 Å². The zero-order valence-electron chi connectivity index (χ0n) is 19.1. The van der Waals surface area contributed by atoms with Crippen LogP contribution in [0.1, 0.15) is 44.5 Å². The zero-order chi connectivity index (χ0) is 22.6. The van der Waals surface area contributed by atoms with E-state index in [9.17, 15) is 9.59 Å². The Labute approximate surface area is 187 Å². The van der Waals surface area contributed by atoms with Gasteiger partial charge in [-0.15, -0.1) is 0 Å². The number of carbonyl (C=O) groups is 2. The second-order valence-electron chi connectivity index (χ2n) is 9.13. The molecule has 1 saturated heterocycles. The standard InChI is InChI=1S/C25H30N2O5/c1-5-17-12-26-9-8-19-20-10-18(30-4)6-7-22(20)27-24(19)23(26)11-21(17)25(27,13-31-15(2)28)14-32-16(3)29/h5-7,10,21,23H,8-9,11-14H2,1-4H3/b17-5-/t21-,23-/m0/s1. The fourth-order valence-corrected chi connectivity index (χ4v) is 6.17. The van der Waals surface area contributed by atoms with Gasteiger partial charge in [0.2, 0.25) is 0 Å². The van der Waals surface area contributed by atoms with Crippen LogP contribution in [0.2, 0.25) is 0 Å². The summed E-state index contributed by atoms with van der Waals surface area (Å²) in [5.74, 6) is 0.256. The molecular formula is C25H30N2O5. The first kappa shape index (κ1) is 21.1. The molecule has 0 aliphatic carbocycles. The highest BCUT2D eigenvalue weighted by molar-refractivity contribution is 5.88. The Kier molecular flexibility index (Phi) is 5.04. The molecule has 0 amide bonds. The Morgan fingerprint density at radius 3 is 2.53 bits per heavy atom. The van der Waals surface area contributed by atoms with Crippen molar-refractivity contribution in [3.8, 4) is 5.75 Å². The maximum absolute atomic E-state index is 11.9. The van der Waals surface area contributed by atoms with Crippen molar-refractivity contribution in [1.82, 2.24) is 9.47 Å². The Bertz CT molecular complexity index is 1110. The molecule has 2 bridgehead atoms. The van der Waals surface area contributed by atoms with Crippen LogP contribution >= 0.6 is 0 Å². The molecule has 1 aromatic carbocycles. The van der Waals surface area contributed by atoms with Crippen LogP contribution in [-0.4, -0.2) is 54.8 Å². The number of methoxy groups -OCH3 is 1. The molecular weight excluding hydrogens is 408 g/mol. The Morgan fingerprint density at radius 2 is 1.91 bits per heavy atom. The lowest BCUT2D eigenvalue weighted by atomic mass is 9.68. The SMILES string of the molecule is C/C=C1/CN2CCc3c4n(c5ccc(OC)cc35)C(COC(C)=O)(COC(C)=O)[C@H]1C[C@@H]42. The van der Waals surface area contributed by atoms with Gasteiger partial charge in [-0.05, 0) is 43.5 Å². The maximum Gasteiger partial charge on any atom is 0.302 e. The van der Waals surface area contributed by atoms with Crippen LogP contribution in [0.15, 0.2) is 29.8 Å². The van der Waals surface area contributed by atoms with Gasteiger partial charge in [-0.3, -0.25) is 14.5 Å². The fraction of sp³-hybridized carbons (Fsp3) is 0.520. The number of ether oxygens (including phenoxy) is 3. The maximum atomic E-state index is 11.9. The minimum Gasteiger partial charge on any atom is -0.497 e. The van der Waals surface area contributed by atoms with E-state index < -0.39 is 5.54 Å². The van der Waals surface area contributed by atoms with E-state index in [2.05, 4.69) is 34.6 Å². The van der Waals surface area contributed by atoms with Crippen LogP contribution < -0.4 is 4.74 Å². The van der Waals surface area contributed by atoms with Crippen molar-refractivity contribution in [1.29, 1.82) is 0 Å². The molecule has 170 valence electrons. The van der Waals surface area contributed by atoms with Gasteiger partial charge in [-0.1, -0.05) is 11.6 Å². The molecule has 0 radical (unpaired) electrons. The van der Waals surface area contributed by atoms with E-state index in [4.69, 9.17) is 14.2 Å². The van der Waals surface area contributed by atoms with Gasteiger partial charge >= 0.3 is 11.9 Å². The summed E-state index contributed by atoms with van der Waals surface area (Å²) in [5.41, 5.74) is 4.29. The molecule has 7 nitrogen and oxygen atoms in total. The third kappa shape index (κ3) is 2.98. The van der Waals surface area contributed by atoms with Gasteiger partial charge in [0.05, 0.1) is 13.2 Å². The monoisotopic (exact) mass is 438 g/mol. The number of esters is 2. The van der Waals surface area contributed by atoms with Crippen molar-refractivity contribution in [3.05, 3.63) is 41.1 Å². The predicted molar refractivity (Wildman–Crippen MR) is 120 cm³/mol. The second-order valence-corrected chi connectivity index (χ2v) is 9.13. The summed E-state index contributed by atoms with van der Waals surface area (Å²) in [6.07, 6.45) is 4.05. The van der Waals surface area contributed by atoms with Crippen LogP contribution in [0.3, 0.4) is 0 Å². The lowest BCUT2D eigenvalue weighted by molar-refractivity contribution is -0.155. The van der Waals surface area contributed by atoms with E-state index >= 15 is 0 Å². The first-order chi connectivity index (χ1) is 15.4. The minimum atomic E-state index is -0.695. The van der Waals surface area contributed by atoms with E-state index in [0.29, 0.717) is 6.04 Å². The number of rotatable bonds is 5. The molecule has 2 atom stereocenters. The van der Waals surface area contributed by atoms with Gasteiger partial charge in [0, 0.05) is 49.5 Å². The summed E-state index contributed by atoms with van der Waals surface area (Å²) in [6, 6.07) is 6.46. The predicted octanol–water partition coefficient (Wildman–Crippen LogP) is 3.35. The third-order valence-corrected chi connectivity index (χ3v) is 7.53. The van der Waals surface area contributed by atoms with E-state index in [1.54, 1.807) is 7.11 Å². The molecule has 3 aliphatic heterocycles. The van der Waals surface area contributed by atoms with Crippen LogP contribution in [0.4, 0.5) is 0 Å². The molecule has 32 heavy (non-hydrogen) atoms. The number of hydrogen-bond acceptors (Lipinski definition) is 6. The van der Waals surface area contributed by atoms with Gasteiger partial charge in [-0.25, -0.2) is 0 Å². The highest BCUT2D eigenvalue weighted by Crippen LogP contribution is 2.55. The molecule has 1 aromatic heterocycles. The zero-order valence-corrected chi connectivity index (χ0v) is 19.1. The van der Waals surface area contributed by atoms with E-state index in [1.807, 2.05) is 6.07 Å². The van der Waals surface area contributed by atoms with Crippen LogP contribution in [0.5, 0.6) is 5.75 Å². The topological polar surface area (TPSA) is 70.0 Å². The first-order valence-corrected chi connectivity index (χ1v) is 11.3. The van der Waals surface area contributed by atoms with Crippen molar-refractivity contribution in [2.24, 2.45) is 5.92 Å². The van der Waals surface area contributed by atoms with E-state index in [-0.39, 0.29) is 31.1 Å². The quantitative estimate of drug-likeness (QED) is 0.527. The van der Waals surface area contributed by atoms with Gasteiger partial charge in [0.15, 0.2) is 0 Å². The number of fused-ring (bicyclic) bond motifs is 4. The highest BCUT2D eigenvalue weighted by atomic mass is 16.5. The molecule has 0 saturated carbocycles. The third-order valence-electron chi connectivity index (χ3n) is 7.53. The number of carbonyl (C=O) groups excluding carboxylic acids is 2. The summed E-state index contributed by atoms with van der Waals surface area (Å²) in [5, 5.41) is 1.17. The molecule has 1 fully saturated rings. The number of allylic oxidation sites excluding steroid dienone is 1. The molecule has 7 heteroatoms. The van der Waals surface area contributed by atoms with Crippen molar-refractivity contribution in [2.45, 2.75) is 45.2 Å². The Hall–Kier alpha value is -2.80. The number of benzene rings is 1. The summed E-state index contributed by atoms with van der Waals surface area (Å²) < 4.78 is 19.3. The summed E-state index contributed by atoms with van der Waals surface area (Å²) in [4.78, 5) is 26.4. The number of hydrogen-bond donors (Lipinski definition) is 0. The summed E-state index contributed by atoms with van der Waals surface area (Å²) >= 11 is 0. The van der Waals surface area contributed by atoms with Gasteiger partial charge in [0.1, 0.15) is 24.5 Å². The van der Waals surface area contributed by atoms with Crippen molar-refractivity contribution in [2.75, 3.05) is 33.4 Å². The van der Waals surface area contributed by atoms with Crippen LogP contribution in [0.25, 0.3) is 10.9 Å². The first-order valence-electron chi connectivity index (χ1n) is 11.3.